The van der Waals surface area contributed by atoms with Crippen LogP contribution in [0.1, 0.15) is 5.69 Å². The zero-order valence-electron chi connectivity index (χ0n) is 10.6. The molecular weight excluding hydrogens is 278 g/mol. The molecule has 3 rings (SSSR count). The third-order valence-electron chi connectivity index (χ3n) is 2.76. The number of para-hydroxylation sites is 1. The Hall–Kier alpha value is -2.41. The quantitative estimate of drug-likeness (QED) is 0.745. The third kappa shape index (κ3) is 2.23. The number of benzene rings is 1. The molecule has 0 aliphatic rings. The van der Waals surface area contributed by atoms with Crippen molar-refractivity contribution in [2.24, 2.45) is 0 Å². The molecule has 0 atom stereocenters. The normalized spacial score (nSPS) is 10.8. The van der Waals surface area contributed by atoms with Crippen LogP contribution in [0.4, 0.5) is 0 Å². The van der Waals surface area contributed by atoms with E-state index >= 15 is 0 Å². The smallest absolute Gasteiger partial charge is 0.311 e. The van der Waals surface area contributed by atoms with Crippen LogP contribution in [0.25, 0.3) is 15.3 Å². The van der Waals surface area contributed by atoms with Crippen molar-refractivity contribution in [1.82, 2.24) is 14.8 Å². The molecule has 0 amide bonds. The summed E-state index contributed by atoms with van der Waals surface area (Å²) < 4.78 is 6.90. The molecule has 0 saturated carbocycles. The first-order valence-electron chi connectivity index (χ1n) is 5.88. The summed E-state index contributed by atoms with van der Waals surface area (Å²) in [6.45, 7) is 0. The van der Waals surface area contributed by atoms with Crippen LogP contribution in [0.15, 0.2) is 30.3 Å². The minimum atomic E-state index is -0.404. The molecule has 0 aliphatic heterocycles. The van der Waals surface area contributed by atoms with Gasteiger partial charge in [-0.1, -0.05) is 23.5 Å². The number of carbonyl (C=O) groups is 1. The van der Waals surface area contributed by atoms with Gasteiger partial charge in [0, 0.05) is 6.07 Å². The molecule has 20 heavy (non-hydrogen) atoms. The van der Waals surface area contributed by atoms with E-state index in [2.05, 4.69) is 14.8 Å². The van der Waals surface area contributed by atoms with E-state index < -0.39 is 5.97 Å². The van der Waals surface area contributed by atoms with Gasteiger partial charge in [0.1, 0.15) is 0 Å². The molecular formula is C13H11N3O3S. The molecule has 0 bridgehead atoms. The molecule has 0 radical (unpaired) electrons. The van der Waals surface area contributed by atoms with Gasteiger partial charge < -0.3 is 9.84 Å². The lowest BCUT2D eigenvalue weighted by Gasteiger charge is -1.96. The van der Waals surface area contributed by atoms with E-state index in [1.165, 1.54) is 29.2 Å². The molecule has 1 aromatic carbocycles. The molecule has 0 unspecified atom stereocenters. The SMILES string of the molecule is COC(=O)Cc1cc(O)n(-c2nc3ccccc3s2)n1. The molecule has 0 spiro atoms. The maximum Gasteiger partial charge on any atom is 0.311 e. The van der Waals surface area contributed by atoms with Crippen LogP contribution in [0.5, 0.6) is 5.88 Å². The Morgan fingerprint density at radius 3 is 3.00 bits per heavy atom. The average molecular weight is 289 g/mol. The number of hydrogen-bond acceptors (Lipinski definition) is 6. The van der Waals surface area contributed by atoms with Crippen LogP contribution in [0, 0.1) is 0 Å². The summed E-state index contributed by atoms with van der Waals surface area (Å²) in [5, 5.41) is 14.6. The van der Waals surface area contributed by atoms with Crippen LogP contribution in [0.2, 0.25) is 0 Å². The minimum absolute atomic E-state index is 0.0158. The zero-order valence-corrected chi connectivity index (χ0v) is 11.4. The highest BCUT2D eigenvalue weighted by atomic mass is 32.1. The summed E-state index contributed by atoms with van der Waals surface area (Å²) in [5.74, 6) is -0.457. The molecule has 102 valence electrons. The molecule has 1 N–H and O–H groups in total. The number of esters is 1. The number of fused-ring (bicyclic) bond motifs is 1. The summed E-state index contributed by atoms with van der Waals surface area (Å²) in [6, 6.07) is 9.11. The summed E-state index contributed by atoms with van der Waals surface area (Å²) in [6.07, 6.45) is 0.0158. The number of thiazole rings is 1. The van der Waals surface area contributed by atoms with E-state index in [9.17, 15) is 9.90 Å². The Morgan fingerprint density at radius 1 is 1.45 bits per heavy atom. The number of carbonyl (C=O) groups excluding carboxylic acids is 1. The van der Waals surface area contributed by atoms with Gasteiger partial charge in [-0.15, -0.1) is 0 Å². The van der Waals surface area contributed by atoms with Crippen molar-refractivity contribution >= 4 is 27.5 Å². The number of nitrogens with zero attached hydrogens (tertiary/aromatic N) is 3. The number of aromatic hydroxyl groups is 1. The molecule has 2 aromatic heterocycles. The van der Waals surface area contributed by atoms with Gasteiger partial charge in [-0.2, -0.15) is 9.78 Å². The number of methoxy groups -OCH3 is 1. The number of aromatic nitrogens is 3. The van der Waals surface area contributed by atoms with E-state index in [1.54, 1.807) is 0 Å². The van der Waals surface area contributed by atoms with Crippen molar-refractivity contribution in [2.45, 2.75) is 6.42 Å². The van der Waals surface area contributed by atoms with Gasteiger partial charge in [-0.25, -0.2) is 4.98 Å². The van der Waals surface area contributed by atoms with Gasteiger partial charge in [-0.3, -0.25) is 4.79 Å². The van der Waals surface area contributed by atoms with E-state index in [0.29, 0.717) is 10.8 Å². The molecule has 3 aromatic rings. The van der Waals surface area contributed by atoms with Gasteiger partial charge in [0.15, 0.2) is 0 Å². The van der Waals surface area contributed by atoms with Crippen LogP contribution < -0.4 is 0 Å². The standard InChI is InChI=1S/C13H11N3O3S/c1-19-12(18)7-8-6-11(17)16(15-8)13-14-9-4-2-3-5-10(9)20-13/h2-6,17H,7H2,1H3. The van der Waals surface area contributed by atoms with Gasteiger partial charge in [-0.05, 0) is 12.1 Å². The highest BCUT2D eigenvalue weighted by Crippen LogP contribution is 2.27. The minimum Gasteiger partial charge on any atom is -0.493 e. The fourth-order valence-corrected chi connectivity index (χ4v) is 2.74. The third-order valence-corrected chi connectivity index (χ3v) is 3.77. The molecule has 7 heteroatoms. The summed E-state index contributed by atoms with van der Waals surface area (Å²) in [7, 11) is 1.31. The van der Waals surface area contributed by atoms with E-state index in [4.69, 9.17) is 0 Å². The van der Waals surface area contributed by atoms with Crippen molar-refractivity contribution in [3.63, 3.8) is 0 Å². The maximum absolute atomic E-state index is 11.2. The highest BCUT2D eigenvalue weighted by Gasteiger charge is 2.14. The van der Waals surface area contributed by atoms with E-state index in [0.717, 1.165) is 10.2 Å². The van der Waals surface area contributed by atoms with Crippen molar-refractivity contribution in [1.29, 1.82) is 0 Å². The lowest BCUT2D eigenvalue weighted by atomic mass is 10.3. The second-order valence-electron chi connectivity index (χ2n) is 4.12. The van der Waals surface area contributed by atoms with Crippen molar-refractivity contribution in [3.8, 4) is 11.0 Å². The van der Waals surface area contributed by atoms with Gasteiger partial charge in [0.25, 0.3) is 0 Å². The first kappa shape index (κ1) is 12.6. The number of hydrogen-bond donors (Lipinski definition) is 1. The lowest BCUT2D eigenvalue weighted by molar-refractivity contribution is -0.139. The van der Waals surface area contributed by atoms with E-state index in [-0.39, 0.29) is 12.3 Å². The topological polar surface area (TPSA) is 77.2 Å². The van der Waals surface area contributed by atoms with Crippen LogP contribution in [0.3, 0.4) is 0 Å². The molecule has 0 fully saturated rings. The summed E-state index contributed by atoms with van der Waals surface area (Å²) in [4.78, 5) is 15.6. The monoisotopic (exact) mass is 289 g/mol. The Bertz CT molecular complexity index is 745. The number of rotatable bonds is 3. The first-order valence-corrected chi connectivity index (χ1v) is 6.69. The summed E-state index contributed by atoms with van der Waals surface area (Å²) >= 11 is 1.42. The molecule has 2 heterocycles. The van der Waals surface area contributed by atoms with Crippen LogP contribution in [-0.4, -0.2) is 33.0 Å². The lowest BCUT2D eigenvalue weighted by Crippen LogP contribution is -2.05. The van der Waals surface area contributed by atoms with Gasteiger partial charge >= 0.3 is 5.97 Å². The Kier molecular flexibility index (Phi) is 3.11. The van der Waals surface area contributed by atoms with Crippen molar-refractivity contribution in [2.75, 3.05) is 7.11 Å². The van der Waals surface area contributed by atoms with Crippen molar-refractivity contribution < 1.29 is 14.6 Å². The van der Waals surface area contributed by atoms with Crippen molar-refractivity contribution in [3.05, 3.63) is 36.0 Å². The Morgan fingerprint density at radius 2 is 2.25 bits per heavy atom. The second kappa shape index (κ2) is 4.93. The Balaban J connectivity index is 1.99. The molecule has 0 saturated heterocycles. The fraction of sp³-hybridized carbons (Fsp3) is 0.154. The predicted molar refractivity (Wildman–Crippen MR) is 74.1 cm³/mol. The first-order chi connectivity index (χ1) is 9.67. The zero-order chi connectivity index (χ0) is 14.1. The van der Waals surface area contributed by atoms with Crippen LogP contribution in [-0.2, 0) is 16.0 Å². The number of ether oxygens (including phenoxy) is 1. The maximum atomic E-state index is 11.2. The fourth-order valence-electron chi connectivity index (χ4n) is 1.82. The van der Waals surface area contributed by atoms with Gasteiger partial charge in [0.05, 0.1) is 29.4 Å². The van der Waals surface area contributed by atoms with Gasteiger partial charge in [0.2, 0.25) is 11.0 Å². The average Bonchev–Trinajstić information content (AvgIpc) is 3.01. The second-order valence-corrected chi connectivity index (χ2v) is 5.13. The van der Waals surface area contributed by atoms with E-state index in [1.807, 2.05) is 24.3 Å². The Labute approximate surface area is 118 Å². The predicted octanol–water partition coefficient (Wildman–Crippen LogP) is 1.90. The molecule has 0 aliphatic carbocycles. The summed E-state index contributed by atoms with van der Waals surface area (Å²) in [5.41, 5.74) is 1.28. The largest absolute Gasteiger partial charge is 0.493 e. The highest BCUT2D eigenvalue weighted by molar-refractivity contribution is 7.20. The molecule has 6 nitrogen and oxygen atoms in total. The van der Waals surface area contributed by atoms with Crippen LogP contribution >= 0.6 is 11.3 Å².